The van der Waals surface area contributed by atoms with Gasteiger partial charge in [-0.1, -0.05) is 0 Å². The zero-order valence-electron chi connectivity index (χ0n) is 7.71. The van der Waals surface area contributed by atoms with E-state index in [2.05, 4.69) is 5.32 Å². The molecule has 0 unspecified atom stereocenters. The number of carbonyl (C=O) groups excluding carboxylic acids is 1. The number of ether oxygens (including phenoxy) is 2. The van der Waals surface area contributed by atoms with Gasteiger partial charge in [-0.2, -0.15) is 0 Å². The molecule has 14 heavy (non-hydrogen) atoms. The lowest BCUT2D eigenvalue weighted by atomic mass is 9.99. The van der Waals surface area contributed by atoms with E-state index in [1.54, 1.807) is 0 Å². The number of hydrogen-bond acceptors (Lipinski definition) is 5. The van der Waals surface area contributed by atoms with Gasteiger partial charge in [0.15, 0.2) is 6.29 Å². The molecule has 0 aromatic rings. The number of nitrogens with one attached hydrogen (secondary N) is 1. The maximum Gasteiger partial charge on any atom is 0.217 e. The van der Waals surface area contributed by atoms with Crippen molar-refractivity contribution in [2.75, 3.05) is 6.61 Å². The zero-order valence-corrected chi connectivity index (χ0v) is 7.71. The Kier molecular flexibility index (Phi) is 2.44. The van der Waals surface area contributed by atoms with Gasteiger partial charge < -0.3 is 25.0 Å². The van der Waals surface area contributed by atoms with Gasteiger partial charge in [0.25, 0.3) is 0 Å². The Morgan fingerprint density at radius 2 is 2.14 bits per heavy atom. The summed E-state index contributed by atoms with van der Waals surface area (Å²) in [6.45, 7) is 1.58. The molecule has 80 valence electrons. The van der Waals surface area contributed by atoms with E-state index < -0.39 is 30.6 Å². The van der Waals surface area contributed by atoms with Crippen molar-refractivity contribution in [3.05, 3.63) is 0 Å². The van der Waals surface area contributed by atoms with Gasteiger partial charge in [-0.25, -0.2) is 0 Å². The van der Waals surface area contributed by atoms with Gasteiger partial charge in [0.2, 0.25) is 5.91 Å². The van der Waals surface area contributed by atoms with E-state index in [9.17, 15) is 15.0 Å². The van der Waals surface area contributed by atoms with Crippen LogP contribution in [0.2, 0.25) is 0 Å². The molecule has 2 fully saturated rings. The fraction of sp³-hybridized carbons (Fsp3) is 0.875. The summed E-state index contributed by atoms with van der Waals surface area (Å²) in [6.07, 6.45) is -3.18. The summed E-state index contributed by atoms with van der Waals surface area (Å²) in [7, 11) is 0. The highest BCUT2D eigenvalue weighted by molar-refractivity contribution is 5.73. The minimum atomic E-state index is -1.04. The van der Waals surface area contributed by atoms with E-state index in [4.69, 9.17) is 9.47 Å². The lowest BCUT2D eigenvalue weighted by Crippen LogP contribution is -2.60. The molecule has 5 atom stereocenters. The Hall–Kier alpha value is -0.690. The summed E-state index contributed by atoms with van der Waals surface area (Å²) in [4.78, 5) is 10.8. The Balaban J connectivity index is 2.10. The smallest absolute Gasteiger partial charge is 0.217 e. The van der Waals surface area contributed by atoms with Crippen molar-refractivity contribution < 1.29 is 24.5 Å². The maximum atomic E-state index is 10.8. The van der Waals surface area contributed by atoms with Crippen LogP contribution >= 0.6 is 0 Å². The van der Waals surface area contributed by atoms with Crippen LogP contribution in [0.5, 0.6) is 0 Å². The van der Waals surface area contributed by atoms with Crippen molar-refractivity contribution in [3.8, 4) is 0 Å². The Morgan fingerprint density at radius 1 is 1.43 bits per heavy atom. The van der Waals surface area contributed by atoms with Crippen LogP contribution in [0.1, 0.15) is 6.92 Å². The number of amides is 1. The lowest BCUT2D eigenvalue weighted by Gasteiger charge is -2.35. The molecular formula is C8H13NO5. The van der Waals surface area contributed by atoms with Crippen LogP contribution in [0.15, 0.2) is 0 Å². The maximum absolute atomic E-state index is 10.8. The summed E-state index contributed by atoms with van der Waals surface area (Å²) in [5.74, 6) is -0.293. The summed E-state index contributed by atoms with van der Waals surface area (Å²) >= 11 is 0. The van der Waals surface area contributed by atoms with E-state index in [-0.39, 0.29) is 12.5 Å². The highest BCUT2D eigenvalue weighted by atomic mass is 16.7. The van der Waals surface area contributed by atoms with Crippen LogP contribution < -0.4 is 5.32 Å². The predicted octanol–water partition coefficient (Wildman–Crippen LogP) is -2.03. The number of carbonyl (C=O) groups is 1. The first kappa shape index (κ1) is 9.85. The van der Waals surface area contributed by atoms with Gasteiger partial charge in [-0.05, 0) is 0 Å². The van der Waals surface area contributed by atoms with Gasteiger partial charge in [0.1, 0.15) is 24.4 Å². The Labute approximate surface area is 80.8 Å². The molecule has 0 aromatic heterocycles. The molecule has 2 heterocycles. The number of rotatable bonds is 1. The molecular weight excluding hydrogens is 190 g/mol. The molecule has 6 heteroatoms. The minimum Gasteiger partial charge on any atom is -0.388 e. The first-order chi connectivity index (χ1) is 6.59. The largest absolute Gasteiger partial charge is 0.388 e. The molecule has 0 radical (unpaired) electrons. The third-order valence-corrected chi connectivity index (χ3v) is 2.50. The second-order valence-electron chi connectivity index (χ2n) is 3.58. The number of hydrogen-bond donors (Lipinski definition) is 3. The van der Waals surface area contributed by atoms with Crippen LogP contribution in [-0.4, -0.2) is 53.4 Å². The van der Waals surface area contributed by atoms with Crippen molar-refractivity contribution in [2.45, 2.75) is 37.6 Å². The normalized spacial score (nSPS) is 46.4. The highest BCUT2D eigenvalue weighted by Crippen LogP contribution is 2.27. The third-order valence-electron chi connectivity index (χ3n) is 2.50. The second-order valence-corrected chi connectivity index (χ2v) is 3.58. The fourth-order valence-corrected chi connectivity index (χ4v) is 1.79. The second kappa shape index (κ2) is 3.47. The van der Waals surface area contributed by atoms with Crippen LogP contribution in [0.25, 0.3) is 0 Å². The summed E-state index contributed by atoms with van der Waals surface area (Å²) in [5, 5.41) is 21.7. The molecule has 6 nitrogen and oxygen atoms in total. The van der Waals surface area contributed by atoms with Gasteiger partial charge in [-0.15, -0.1) is 0 Å². The zero-order chi connectivity index (χ0) is 10.3. The van der Waals surface area contributed by atoms with E-state index in [0.29, 0.717) is 0 Å². The molecule has 2 aliphatic heterocycles. The molecule has 2 rings (SSSR count). The van der Waals surface area contributed by atoms with Gasteiger partial charge in [0, 0.05) is 6.92 Å². The molecule has 2 aliphatic rings. The summed E-state index contributed by atoms with van der Waals surface area (Å²) < 4.78 is 10.4. The third kappa shape index (κ3) is 1.50. The Morgan fingerprint density at radius 3 is 2.79 bits per heavy atom. The van der Waals surface area contributed by atoms with Crippen molar-refractivity contribution in [3.63, 3.8) is 0 Å². The average molecular weight is 203 g/mol. The van der Waals surface area contributed by atoms with Crippen LogP contribution in [0.3, 0.4) is 0 Å². The van der Waals surface area contributed by atoms with Crippen molar-refractivity contribution in [1.82, 2.24) is 5.32 Å². The van der Waals surface area contributed by atoms with Crippen LogP contribution in [0.4, 0.5) is 0 Å². The van der Waals surface area contributed by atoms with Crippen molar-refractivity contribution >= 4 is 5.91 Å². The molecule has 3 N–H and O–H groups in total. The summed E-state index contributed by atoms with van der Waals surface area (Å²) in [5.41, 5.74) is 0. The number of aliphatic hydroxyl groups excluding tert-OH is 2. The fourth-order valence-electron chi connectivity index (χ4n) is 1.79. The molecule has 2 bridgehead atoms. The van der Waals surface area contributed by atoms with E-state index in [1.807, 2.05) is 0 Å². The average Bonchev–Trinajstić information content (AvgIpc) is 2.55. The van der Waals surface area contributed by atoms with E-state index in [0.717, 1.165) is 0 Å². The summed E-state index contributed by atoms with van der Waals surface area (Å²) in [6, 6.07) is -0.693. The van der Waals surface area contributed by atoms with Crippen LogP contribution in [0, 0.1) is 0 Å². The van der Waals surface area contributed by atoms with E-state index >= 15 is 0 Å². The standard InChI is InChI=1S/C8H13NO5/c1-3(10)9-5-7(12)6(11)4-2-13-8(5)14-4/h4-8,11-12H,2H2,1H3,(H,9,10)/t4-,5+,6-,7+,8-/m0/s1. The first-order valence-corrected chi connectivity index (χ1v) is 4.50. The number of aliphatic hydroxyl groups is 2. The van der Waals surface area contributed by atoms with Crippen LogP contribution in [-0.2, 0) is 14.3 Å². The van der Waals surface area contributed by atoms with E-state index in [1.165, 1.54) is 6.92 Å². The monoisotopic (exact) mass is 203 g/mol. The first-order valence-electron chi connectivity index (χ1n) is 4.50. The molecule has 0 spiro atoms. The number of fused-ring (bicyclic) bond motifs is 2. The SMILES string of the molecule is CC(=O)N[C@H]1[C@H]2OC[C@H](O2)[C@H](O)[C@@H]1O. The predicted molar refractivity (Wildman–Crippen MR) is 44.2 cm³/mol. The van der Waals surface area contributed by atoms with Gasteiger partial charge in [0.05, 0.1) is 6.61 Å². The minimum absolute atomic E-state index is 0.249. The topological polar surface area (TPSA) is 88.0 Å². The Bertz CT molecular complexity index is 246. The lowest BCUT2D eigenvalue weighted by molar-refractivity contribution is -0.186. The quantitative estimate of drug-likeness (QED) is 0.457. The highest BCUT2D eigenvalue weighted by Gasteiger charge is 2.49. The van der Waals surface area contributed by atoms with Gasteiger partial charge in [-0.3, -0.25) is 4.79 Å². The molecule has 0 aromatic carbocycles. The van der Waals surface area contributed by atoms with Crippen molar-refractivity contribution in [1.29, 1.82) is 0 Å². The molecule has 1 amide bonds. The molecule has 2 saturated heterocycles. The molecule has 0 saturated carbocycles. The molecule has 0 aliphatic carbocycles. The van der Waals surface area contributed by atoms with Crippen molar-refractivity contribution in [2.24, 2.45) is 0 Å². The van der Waals surface area contributed by atoms with Gasteiger partial charge >= 0.3 is 0 Å².